The van der Waals surface area contributed by atoms with Crippen molar-refractivity contribution in [3.05, 3.63) is 60.1 Å². The molecule has 0 bridgehead atoms. The lowest BCUT2D eigenvalue weighted by Gasteiger charge is -2.40. The minimum atomic E-state index is -0.0165. The van der Waals surface area contributed by atoms with Crippen LogP contribution in [0.2, 0.25) is 0 Å². The first kappa shape index (κ1) is 15.8. The molecule has 1 unspecified atom stereocenters. The van der Waals surface area contributed by atoms with E-state index in [0.29, 0.717) is 6.54 Å². The van der Waals surface area contributed by atoms with Gasteiger partial charge in [0.25, 0.3) is 0 Å². The largest absolute Gasteiger partial charge is 0.468 e. The Bertz CT molecular complexity index is 509. The molecule has 0 radical (unpaired) electrons. The zero-order valence-electron chi connectivity index (χ0n) is 13.1. The van der Waals surface area contributed by atoms with Crippen LogP contribution < -0.4 is 5.73 Å². The highest BCUT2D eigenvalue weighted by Crippen LogP contribution is 2.23. The fourth-order valence-corrected chi connectivity index (χ4v) is 2.72. The average molecular weight is 286 g/mol. The first-order valence-corrected chi connectivity index (χ1v) is 7.69. The predicted octanol–water partition coefficient (Wildman–Crippen LogP) is 3.45. The SMILES string of the molecule is CCN(Cc1ccco1)C(C)(CN)CCc1ccccc1. The summed E-state index contributed by atoms with van der Waals surface area (Å²) in [6, 6.07) is 14.6. The maximum absolute atomic E-state index is 6.10. The summed E-state index contributed by atoms with van der Waals surface area (Å²) in [5, 5.41) is 0. The fraction of sp³-hybridized carbons (Fsp3) is 0.444. The third-order valence-corrected chi connectivity index (χ3v) is 4.31. The molecule has 0 aliphatic heterocycles. The molecule has 0 spiro atoms. The van der Waals surface area contributed by atoms with Gasteiger partial charge in [-0.1, -0.05) is 37.3 Å². The van der Waals surface area contributed by atoms with Crippen molar-refractivity contribution in [2.45, 2.75) is 38.8 Å². The minimum absolute atomic E-state index is 0.0165. The van der Waals surface area contributed by atoms with Crippen molar-refractivity contribution in [2.75, 3.05) is 13.1 Å². The molecule has 2 N–H and O–H groups in total. The van der Waals surface area contributed by atoms with Crippen molar-refractivity contribution in [2.24, 2.45) is 5.73 Å². The van der Waals surface area contributed by atoms with E-state index in [9.17, 15) is 0 Å². The highest BCUT2D eigenvalue weighted by molar-refractivity contribution is 5.15. The molecule has 0 saturated carbocycles. The number of rotatable bonds is 8. The van der Waals surface area contributed by atoms with Crippen molar-refractivity contribution >= 4 is 0 Å². The normalized spacial score (nSPS) is 14.3. The Kier molecular flexibility index (Phi) is 5.59. The monoisotopic (exact) mass is 286 g/mol. The number of likely N-dealkylation sites (N-methyl/N-ethyl adjacent to an activating group) is 1. The van der Waals surface area contributed by atoms with Crippen LogP contribution in [0.4, 0.5) is 0 Å². The number of nitrogens with zero attached hydrogens (tertiary/aromatic N) is 1. The van der Waals surface area contributed by atoms with E-state index in [1.54, 1.807) is 6.26 Å². The number of hydrogen-bond donors (Lipinski definition) is 1. The van der Waals surface area contributed by atoms with E-state index in [-0.39, 0.29) is 5.54 Å². The molecule has 1 aromatic heterocycles. The molecule has 3 heteroatoms. The van der Waals surface area contributed by atoms with Crippen molar-refractivity contribution in [3.8, 4) is 0 Å². The van der Waals surface area contributed by atoms with Crippen LogP contribution in [0.1, 0.15) is 31.6 Å². The number of benzene rings is 1. The molecule has 0 saturated heterocycles. The summed E-state index contributed by atoms with van der Waals surface area (Å²) in [6.45, 7) is 6.85. The second-order valence-corrected chi connectivity index (χ2v) is 5.78. The summed E-state index contributed by atoms with van der Waals surface area (Å²) >= 11 is 0. The first-order valence-electron chi connectivity index (χ1n) is 7.69. The molecule has 114 valence electrons. The van der Waals surface area contributed by atoms with E-state index in [0.717, 1.165) is 31.7 Å². The van der Waals surface area contributed by atoms with Crippen LogP contribution in [0.5, 0.6) is 0 Å². The van der Waals surface area contributed by atoms with Gasteiger partial charge in [-0.25, -0.2) is 0 Å². The van der Waals surface area contributed by atoms with E-state index in [1.807, 2.05) is 12.1 Å². The second-order valence-electron chi connectivity index (χ2n) is 5.78. The zero-order valence-corrected chi connectivity index (χ0v) is 13.1. The Hall–Kier alpha value is -1.58. The van der Waals surface area contributed by atoms with Crippen molar-refractivity contribution < 1.29 is 4.42 Å². The van der Waals surface area contributed by atoms with Gasteiger partial charge in [0, 0.05) is 12.1 Å². The molecule has 1 atom stereocenters. The average Bonchev–Trinajstić information content (AvgIpc) is 3.04. The van der Waals surface area contributed by atoms with E-state index in [4.69, 9.17) is 10.2 Å². The van der Waals surface area contributed by atoms with Crippen LogP contribution in [0.15, 0.2) is 53.1 Å². The zero-order chi connectivity index (χ0) is 15.1. The summed E-state index contributed by atoms with van der Waals surface area (Å²) in [5.74, 6) is 0.997. The van der Waals surface area contributed by atoms with Gasteiger partial charge in [0.2, 0.25) is 0 Å². The third kappa shape index (κ3) is 4.19. The Morgan fingerprint density at radius 1 is 1.14 bits per heavy atom. The fourth-order valence-electron chi connectivity index (χ4n) is 2.72. The van der Waals surface area contributed by atoms with Crippen molar-refractivity contribution in [1.29, 1.82) is 0 Å². The van der Waals surface area contributed by atoms with Gasteiger partial charge < -0.3 is 10.2 Å². The molecule has 2 rings (SSSR count). The van der Waals surface area contributed by atoms with Crippen LogP contribution >= 0.6 is 0 Å². The van der Waals surface area contributed by atoms with Gasteiger partial charge in [-0.3, -0.25) is 4.90 Å². The van der Waals surface area contributed by atoms with Crippen LogP contribution in [-0.4, -0.2) is 23.5 Å². The van der Waals surface area contributed by atoms with Crippen molar-refractivity contribution in [1.82, 2.24) is 4.90 Å². The minimum Gasteiger partial charge on any atom is -0.468 e. The molecular formula is C18H26N2O. The Morgan fingerprint density at radius 3 is 2.48 bits per heavy atom. The molecule has 3 nitrogen and oxygen atoms in total. The number of hydrogen-bond acceptors (Lipinski definition) is 3. The number of nitrogens with two attached hydrogens (primary N) is 1. The van der Waals surface area contributed by atoms with Gasteiger partial charge in [-0.2, -0.15) is 0 Å². The number of aryl methyl sites for hydroxylation is 1. The number of furan rings is 1. The summed E-state index contributed by atoms with van der Waals surface area (Å²) in [4.78, 5) is 2.41. The van der Waals surface area contributed by atoms with Crippen LogP contribution in [-0.2, 0) is 13.0 Å². The van der Waals surface area contributed by atoms with Gasteiger partial charge >= 0.3 is 0 Å². The van der Waals surface area contributed by atoms with Gasteiger partial charge in [0.1, 0.15) is 5.76 Å². The topological polar surface area (TPSA) is 42.4 Å². The van der Waals surface area contributed by atoms with E-state index in [1.165, 1.54) is 5.56 Å². The summed E-state index contributed by atoms with van der Waals surface area (Å²) in [7, 11) is 0. The third-order valence-electron chi connectivity index (χ3n) is 4.31. The highest BCUT2D eigenvalue weighted by Gasteiger charge is 2.29. The smallest absolute Gasteiger partial charge is 0.117 e. The molecule has 0 fully saturated rings. The molecule has 21 heavy (non-hydrogen) atoms. The molecular weight excluding hydrogens is 260 g/mol. The summed E-state index contributed by atoms with van der Waals surface area (Å²) < 4.78 is 5.49. The van der Waals surface area contributed by atoms with Gasteiger partial charge in [-0.05, 0) is 44.0 Å². The van der Waals surface area contributed by atoms with Gasteiger partial charge in [0.05, 0.1) is 12.8 Å². The predicted molar refractivity (Wildman–Crippen MR) is 87.0 cm³/mol. The summed E-state index contributed by atoms with van der Waals surface area (Å²) in [5.41, 5.74) is 7.45. The maximum atomic E-state index is 6.10. The Morgan fingerprint density at radius 2 is 1.90 bits per heavy atom. The summed E-state index contributed by atoms with van der Waals surface area (Å²) in [6.07, 6.45) is 3.82. The quantitative estimate of drug-likeness (QED) is 0.808. The van der Waals surface area contributed by atoms with E-state index < -0.39 is 0 Å². The molecule has 1 heterocycles. The van der Waals surface area contributed by atoms with Crippen molar-refractivity contribution in [3.63, 3.8) is 0 Å². The Balaban J connectivity index is 2.03. The molecule has 0 aliphatic rings. The van der Waals surface area contributed by atoms with Gasteiger partial charge in [-0.15, -0.1) is 0 Å². The molecule has 1 aromatic carbocycles. The lowest BCUT2D eigenvalue weighted by molar-refractivity contribution is 0.0915. The standard InChI is InChI=1S/C18H26N2O/c1-3-20(14-17-10-7-13-21-17)18(2,15-19)12-11-16-8-5-4-6-9-16/h4-10,13H,3,11-12,14-15,19H2,1-2H3. The maximum Gasteiger partial charge on any atom is 0.117 e. The highest BCUT2D eigenvalue weighted by atomic mass is 16.3. The van der Waals surface area contributed by atoms with Gasteiger partial charge in [0.15, 0.2) is 0 Å². The van der Waals surface area contributed by atoms with Crippen LogP contribution in [0.3, 0.4) is 0 Å². The second kappa shape index (κ2) is 7.43. The van der Waals surface area contributed by atoms with E-state index in [2.05, 4.69) is 49.1 Å². The molecule has 2 aromatic rings. The lowest BCUT2D eigenvalue weighted by Crippen LogP contribution is -2.51. The van der Waals surface area contributed by atoms with Crippen LogP contribution in [0, 0.1) is 0 Å². The first-order chi connectivity index (χ1) is 10.2. The lowest BCUT2D eigenvalue weighted by atomic mass is 9.91. The molecule has 0 amide bonds. The molecule has 0 aliphatic carbocycles. The Labute approximate surface area is 127 Å². The van der Waals surface area contributed by atoms with Crippen LogP contribution in [0.25, 0.3) is 0 Å². The van der Waals surface area contributed by atoms with E-state index >= 15 is 0 Å².